The lowest BCUT2D eigenvalue weighted by atomic mass is 10.1. The van der Waals surface area contributed by atoms with E-state index in [-0.39, 0.29) is 35.9 Å². The SMILES string of the molecule is O=c1[nH]c(O)c(C=c2cnn3c(=NC4CC4)nc(NCC(O)c4ccc(F)cc4)nc23)[nH]1. The van der Waals surface area contributed by atoms with Crippen molar-refractivity contribution in [2.45, 2.75) is 25.0 Å². The van der Waals surface area contributed by atoms with Crippen molar-refractivity contribution in [3.8, 4) is 5.88 Å². The zero-order chi connectivity index (χ0) is 22.2. The summed E-state index contributed by atoms with van der Waals surface area (Å²) in [6, 6.07) is 5.75. The van der Waals surface area contributed by atoms with E-state index >= 15 is 0 Å². The molecule has 1 unspecified atom stereocenters. The van der Waals surface area contributed by atoms with Gasteiger partial charge in [0.2, 0.25) is 11.8 Å². The molecule has 1 fully saturated rings. The summed E-state index contributed by atoms with van der Waals surface area (Å²) in [4.78, 5) is 29.6. The Balaban J connectivity index is 1.52. The number of imidazole rings is 1. The summed E-state index contributed by atoms with van der Waals surface area (Å²) >= 11 is 0. The molecule has 3 heterocycles. The lowest BCUT2D eigenvalue weighted by molar-refractivity contribution is 0.191. The molecule has 3 aromatic heterocycles. The zero-order valence-corrected chi connectivity index (χ0v) is 16.7. The molecule has 0 bridgehead atoms. The van der Waals surface area contributed by atoms with Crippen LogP contribution in [0.5, 0.6) is 5.88 Å². The highest BCUT2D eigenvalue weighted by molar-refractivity contribution is 5.57. The molecule has 5 rings (SSSR count). The van der Waals surface area contributed by atoms with Crippen molar-refractivity contribution in [1.29, 1.82) is 0 Å². The van der Waals surface area contributed by atoms with E-state index < -0.39 is 11.8 Å². The summed E-state index contributed by atoms with van der Waals surface area (Å²) in [6.07, 6.45) is 4.09. The topological polar surface area (TPSA) is 157 Å². The molecule has 0 saturated heterocycles. The zero-order valence-electron chi connectivity index (χ0n) is 16.7. The number of aliphatic hydroxyl groups is 1. The Labute approximate surface area is 179 Å². The molecule has 4 aromatic rings. The van der Waals surface area contributed by atoms with Crippen LogP contribution in [-0.2, 0) is 0 Å². The molecular formula is C20H19FN8O3. The molecule has 5 N–H and O–H groups in total. The molecule has 0 aliphatic heterocycles. The lowest BCUT2D eigenvalue weighted by Crippen LogP contribution is -2.26. The summed E-state index contributed by atoms with van der Waals surface area (Å²) in [6.45, 7) is 0.0871. The minimum Gasteiger partial charge on any atom is -0.493 e. The first kappa shape index (κ1) is 19.9. The second kappa shape index (κ2) is 7.89. The van der Waals surface area contributed by atoms with Crippen LogP contribution < -0.4 is 21.8 Å². The molecule has 0 amide bonds. The first-order valence-electron chi connectivity index (χ1n) is 9.96. The Kier molecular flexibility index (Phi) is 4.90. The van der Waals surface area contributed by atoms with Gasteiger partial charge in [-0.05, 0) is 36.6 Å². The van der Waals surface area contributed by atoms with E-state index in [9.17, 15) is 19.4 Å². The van der Waals surface area contributed by atoms with Gasteiger partial charge in [-0.3, -0.25) is 4.98 Å². The molecule has 1 saturated carbocycles. The van der Waals surface area contributed by atoms with Gasteiger partial charge >= 0.3 is 5.69 Å². The second-order valence-electron chi connectivity index (χ2n) is 7.48. The highest BCUT2D eigenvalue weighted by atomic mass is 19.1. The second-order valence-corrected chi connectivity index (χ2v) is 7.48. The number of fused-ring (bicyclic) bond motifs is 1. The number of nitrogens with one attached hydrogen (secondary N) is 3. The number of aromatic nitrogens is 6. The van der Waals surface area contributed by atoms with Gasteiger partial charge in [0.1, 0.15) is 11.5 Å². The van der Waals surface area contributed by atoms with Crippen LogP contribution in [0.3, 0.4) is 0 Å². The van der Waals surface area contributed by atoms with Crippen LogP contribution in [0.25, 0.3) is 11.7 Å². The van der Waals surface area contributed by atoms with Gasteiger partial charge in [0, 0.05) is 11.8 Å². The van der Waals surface area contributed by atoms with E-state index in [1.54, 1.807) is 0 Å². The van der Waals surface area contributed by atoms with Gasteiger partial charge in [0.25, 0.3) is 5.62 Å². The van der Waals surface area contributed by atoms with Crippen molar-refractivity contribution in [3.63, 3.8) is 0 Å². The molecule has 1 aliphatic carbocycles. The van der Waals surface area contributed by atoms with Crippen LogP contribution in [0.1, 0.15) is 30.2 Å². The monoisotopic (exact) mass is 438 g/mol. The summed E-state index contributed by atoms with van der Waals surface area (Å²) in [5.74, 6) is -0.458. The van der Waals surface area contributed by atoms with Crippen LogP contribution in [0.2, 0.25) is 0 Å². The minimum absolute atomic E-state index is 0.0871. The van der Waals surface area contributed by atoms with Crippen LogP contribution in [0.15, 0.2) is 40.2 Å². The fraction of sp³-hybridized carbons (Fsp3) is 0.250. The third-order valence-corrected chi connectivity index (χ3v) is 4.97. The summed E-state index contributed by atoms with van der Waals surface area (Å²) in [7, 11) is 0. The third-order valence-electron chi connectivity index (χ3n) is 4.97. The average Bonchev–Trinajstić information content (AvgIpc) is 3.41. The van der Waals surface area contributed by atoms with E-state index in [1.807, 2.05) is 0 Å². The molecule has 1 atom stereocenters. The van der Waals surface area contributed by atoms with Crippen molar-refractivity contribution in [3.05, 3.63) is 68.9 Å². The van der Waals surface area contributed by atoms with Gasteiger partial charge < -0.3 is 20.5 Å². The van der Waals surface area contributed by atoms with Gasteiger partial charge in [0.15, 0.2) is 5.65 Å². The predicted octanol–water partition coefficient (Wildman–Crippen LogP) is -0.258. The number of nitrogens with zero attached hydrogens (tertiary/aromatic N) is 5. The normalized spacial score (nSPS) is 16.1. The Hall–Kier alpha value is -4.06. The standard InChI is InChI=1S/C20H19FN8O3/c21-12-3-1-10(2-4-12)15(30)9-22-18-26-16-11(7-14-17(31)27-20(32)25-14)8-23-29(16)19(28-18)24-13-5-6-13/h1-4,7-8,13,15,30-31H,5-6,9H2,(H,22,24,28)(H2,25,27,32). The number of aromatic hydroxyl groups is 1. The number of anilines is 1. The van der Waals surface area contributed by atoms with Crippen molar-refractivity contribution in [2.24, 2.45) is 4.99 Å². The van der Waals surface area contributed by atoms with Crippen molar-refractivity contribution >= 4 is 17.7 Å². The Morgan fingerprint density at radius 2 is 2.06 bits per heavy atom. The largest absolute Gasteiger partial charge is 0.493 e. The fourth-order valence-electron chi connectivity index (χ4n) is 3.15. The molecular weight excluding hydrogens is 419 g/mol. The molecule has 164 valence electrons. The van der Waals surface area contributed by atoms with Gasteiger partial charge in [-0.1, -0.05) is 12.1 Å². The molecule has 0 spiro atoms. The quantitative estimate of drug-likeness (QED) is 0.278. The maximum atomic E-state index is 13.1. The van der Waals surface area contributed by atoms with Crippen molar-refractivity contribution in [2.75, 3.05) is 11.9 Å². The summed E-state index contributed by atoms with van der Waals surface area (Å²) in [5, 5.41) is 28.1. The van der Waals surface area contributed by atoms with E-state index in [0.29, 0.717) is 22.0 Å². The van der Waals surface area contributed by atoms with Gasteiger partial charge in [-0.15, -0.1) is 0 Å². The fourth-order valence-corrected chi connectivity index (χ4v) is 3.15. The minimum atomic E-state index is -0.905. The van der Waals surface area contributed by atoms with Crippen LogP contribution in [0, 0.1) is 5.82 Å². The highest BCUT2D eigenvalue weighted by Crippen LogP contribution is 2.22. The number of hydrogen-bond donors (Lipinski definition) is 5. The summed E-state index contributed by atoms with van der Waals surface area (Å²) in [5.41, 5.74) is 0.947. The Bertz CT molecular complexity index is 1450. The van der Waals surface area contributed by atoms with Crippen molar-refractivity contribution < 1.29 is 14.6 Å². The van der Waals surface area contributed by atoms with Crippen LogP contribution in [-0.4, -0.2) is 52.3 Å². The Morgan fingerprint density at radius 1 is 1.28 bits per heavy atom. The number of halogens is 1. The number of H-pyrrole nitrogens is 2. The van der Waals surface area contributed by atoms with E-state index in [2.05, 4.69) is 35.3 Å². The number of hydrogen-bond acceptors (Lipinski definition) is 8. The van der Waals surface area contributed by atoms with Crippen LogP contribution in [0.4, 0.5) is 10.3 Å². The van der Waals surface area contributed by atoms with Crippen LogP contribution >= 0.6 is 0 Å². The molecule has 0 radical (unpaired) electrons. The molecule has 32 heavy (non-hydrogen) atoms. The molecule has 11 nitrogen and oxygen atoms in total. The smallest absolute Gasteiger partial charge is 0.326 e. The number of aliphatic hydroxyl groups excluding tert-OH is 1. The van der Waals surface area contributed by atoms with Gasteiger partial charge in [-0.2, -0.15) is 19.6 Å². The van der Waals surface area contributed by atoms with Crippen molar-refractivity contribution in [1.82, 2.24) is 29.5 Å². The summed E-state index contributed by atoms with van der Waals surface area (Å²) < 4.78 is 14.6. The third kappa shape index (κ3) is 4.07. The number of benzene rings is 1. The van der Waals surface area contributed by atoms with Gasteiger partial charge in [0.05, 0.1) is 18.3 Å². The maximum Gasteiger partial charge on any atom is 0.326 e. The average molecular weight is 438 g/mol. The molecule has 1 aliphatic rings. The lowest BCUT2D eigenvalue weighted by Gasteiger charge is -2.12. The maximum absolute atomic E-state index is 13.1. The molecule has 1 aromatic carbocycles. The molecule has 12 heteroatoms. The first-order valence-corrected chi connectivity index (χ1v) is 9.96. The number of aromatic amines is 2. The number of rotatable bonds is 6. The Morgan fingerprint density at radius 3 is 2.75 bits per heavy atom. The predicted molar refractivity (Wildman–Crippen MR) is 111 cm³/mol. The van der Waals surface area contributed by atoms with E-state index in [4.69, 9.17) is 0 Å². The van der Waals surface area contributed by atoms with Gasteiger partial charge in [-0.25, -0.2) is 14.2 Å². The first-order chi connectivity index (χ1) is 15.5. The van der Waals surface area contributed by atoms with E-state index in [1.165, 1.54) is 41.1 Å². The van der Waals surface area contributed by atoms with E-state index in [0.717, 1.165) is 12.8 Å². The highest BCUT2D eigenvalue weighted by Gasteiger charge is 2.21.